The van der Waals surface area contributed by atoms with E-state index >= 15 is 0 Å². The van der Waals surface area contributed by atoms with Crippen molar-refractivity contribution in [2.45, 2.75) is 24.0 Å². The number of halogens is 2. The highest BCUT2D eigenvalue weighted by Gasteiger charge is 2.22. The Balaban J connectivity index is 1.75. The summed E-state index contributed by atoms with van der Waals surface area (Å²) in [5.74, 6) is 0.645. The molecule has 3 N–H and O–H groups in total. The molecule has 0 aliphatic carbocycles. The normalized spacial score (nSPS) is 13.8. The minimum atomic E-state index is -0.725. The molecule has 0 radical (unpaired) electrons. The molecule has 0 bridgehead atoms. The van der Waals surface area contributed by atoms with Crippen molar-refractivity contribution in [3.05, 3.63) is 64.1 Å². The average molecular weight is 357 g/mol. The van der Waals surface area contributed by atoms with E-state index in [1.807, 2.05) is 55.5 Å². The zero-order valence-corrected chi connectivity index (χ0v) is 14.8. The van der Waals surface area contributed by atoms with Gasteiger partial charge in [-0.3, -0.25) is 0 Å². The topological polar surface area (TPSA) is 36.8 Å². The summed E-state index contributed by atoms with van der Waals surface area (Å²) in [5.41, 5.74) is 0.474. The van der Waals surface area contributed by atoms with Gasteiger partial charge in [0, 0.05) is 26.3 Å². The molecule has 0 spiro atoms. The predicted octanol–water partition coefficient (Wildman–Crippen LogP) is 3.60. The summed E-state index contributed by atoms with van der Waals surface area (Å²) in [6.45, 7) is 3.35. The Labute approximate surface area is 145 Å². The molecule has 0 amide bonds. The second kappa shape index (κ2) is 8.23. The first-order chi connectivity index (χ1) is 10.4. The first-order valence-electron chi connectivity index (χ1n) is 7.11. The van der Waals surface area contributed by atoms with Crippen LogP contribution in [0.5, 0.6) is 0 Å². The molecule has 0 saturated heterocycles. The van der Waals surface area contributed by atoms with Crippen LogP contribution < -0.4 is 5.32 Å². The lowest BCUT2D eigenvalue weighted by Crippen LogP contribution is -2.86. The van der Waals surface area contributed by atoms with Gasteiger partial charge in [0.05, 0.1) is 0 Å². The van der Waals surface area contributed by atoms with Crippen molar-refractivity contribution in [2.75, 3.05) is 12.3 Å². The van der Waals surface area contributed by atoms with E-state index in [0.29, 0.717) is 12.3 Å². The third kappa shape index (κ3) is 6.19. The maximum absolute atomic E-state index is 10.5. The molecule has 2 nitrogen and oxygen atoms in total. The predicted molar refractivity (Wildman–Crippen MR) is 94.7 cm³/mol. The van der Waals surface area contributed by atoms with E-state index in [0.717, 1.165) is 21.5 Å². The second-order valence-corrected chi connectivity index (χ2v) is 7.48. The maximum Gasteiger partial charge on any atom is 0.120 e. The highest BCUT2D eigenvalue weighted by Crippen LogP contribution is 2.23. The van der Waals surface area contributed by atoms with Crippen LogP contribution in [0.1, 0.15) is 12.5 Å². The molecule has 2 rings (SSSR count). The molecule has 2 aromatic rings. The van der Waals surface area contributed by atoms with E-state index in [2.05, 4.69) is 5.32 Å². The minimum absolute atomic E-state index is 0.645. The van der Waals surface area contributed by atoms with Gasteiger partial charge in [-0.2, -0.15) is 0 Å². The van der Waals surface area contributed by atoms with Gasteiger partial charge in [0.1, 0.15) is 18.7 Å². The number of rotatable bonds is 7. The van der Waals surface area contributed by atoms with Gasteiger partial charge in [-0.05, 0) is 43.3 Å². The fourth-order valence-corrected chi connectivity index (χ4v) is 3.17. The average Bonchev–Trinajstić information content (AvgIpc) is 2.49. The van der Waals surface area contributed by atoms with Crippen LogP contribution in [0.3, 0.4) is 0 Å². The molecular formula is C17H20Cl2NOS+. The molecule has 0 heterocycles. The van der Waals surface area contributed by atoms with Crippen molar-refractivity contribution >= 4 is 35.0 Å². The van der Waals surface area contributed by atoms with E-state index in [9.17, 15) is 5.11 Å². The molecule has 0 unspecified atom stereocenters. The molecular weight excluding hydrogens is 337 g/mol. The van der Waals surface area contributed by atoms with Crippen LogP contribution in [0.25, 0.3) is 0 Å². The summed E-state index contributed by atoms with van der Waals surface area (Å²) in [6, 6.07) is 15.5. The molecule has 1 atom stereocenters. The van der Waals surface area contributed by atoms with Gasteiger partial charge >= 0.3 is 0 Å². The molecule has 5 heteroatoms. The first kappa shape index (κ1) is 17.6. The number of quaternary nitrogens is 1. The van der Waals surface area contributed by atoms with Gasteiger partial charge in [-0.25, -0.2) is 0 Å². The van der Waals surface area contributed by atoms with E-state index in [1.54, 1.807) is 11.8 Å². The van der Waals surface area contributed by atoms with Crippen LogP contribution in [0.15, 0.2) is 53.4 Å². The van der Waals surface area contributed by atoms with Crippen molar-refractivity contribution in [1.82, 2.24) is 0 Å². The molecule has 0 fully saturated rings. The van der Waals surface area contributed by atoms with Crippen LogP contribution >= 0.6 is 35.0 Å². The summed E-state index contributed by atoms with van der Waals surface area (Å²) in [4.78, 5) is 1.11. The van der Waals surface area contributed by atoms with E-state index < -0.39 is 5.60 Å². The third-order valence-electron chi connectivity index (χ3n) is 3.24. The lowest BCUT2D eigenvalue weighted by Gasteiger charge is -2.21. The smallest absolute Gasteiger partial charge is 0.120 e. The monoisotopic (exact) mass is 356 g/mol. The number of benzene rings is 2. The summed E-state index contributed by atoms with van der Waals surface area (Å²) in [7, 11) is 0. The number of hydrogen-bond acceptors (Lipinski definition) is 2. The number of aliphatic hydroxyl groups is 1. The highest BCUT2D eigenvalue weighted by atomic mass is 35.5. The van der Waals surface area contributed by atoms with Crippen molar-refractivity contribution in [3.8, 4) is 0 Å². The van der Waals surface area contributed by atoms with Gasteiger partial charge in [-0.1, -0.05) is 35.3 Å². The van der Waals surface area contributed by atoms with Crippen LogP contribution in [0.4, 0.5) is 0 Å². The zero-order chi connectivity index (χ0) is 16.0. The highest BCUT2D eigenvalue weighted by molar-refractivity contribution is 7.99. The molecule has 0 aliphatic rings. The summed E-state index contributed by atoms with van der Waals surface area (Å²) >= 11 is 13.4. The van der Waals surface area contributed by atoms with E-state index in [-0.39, 0.29) is 0 Å². The SMILES string of the molecule is C[C@@](O)(C[NH2+]Cc1ccc(Cl)cc1)CSc1ccc(Cl)cc1. The Morgan fingerprint density at radius 3 is 2.14 bits per heavy atom. The number of thioether (sulfide) groups is 1. The van der Waals surface area contributed by atoms with Crippen molar-refractivity contribution in [3.63, 3.8) is 0 Å². The lowest BCUT2D eigenvalue weighted by atomic mass is 10.1. The lowest BCUT2D eigenvalue weighted by molar-refractivity contribution is -0.681. The van der Waals surface area contributed by atoms with E-state index in [1.165, 1.54) is 5.56 Å². The van der Waals surface area contributed by atoms with Gasteiger partial charge in [-0.15, -0.1) is 11.8 Å². The summed E-state index contributed by atoms with van der Waals surface area (Å²) in [6.07, 6.45) is 0. The van der Waals surface area contributed by atoms with Gasteiger partial charge in [0.25, 0.3) is 0 Å². The quantitative estimate of drug-likeness (QED) is 0.743. The standard InChI is InChI=1S/C17H19Cl2NOS/c1-17(21,12-22-16-8-6-15(19)7-9-16)11-20-10-13-2-4-14(18)5-3-13/h2-9,20-21H,10-12H2,1H3/p+1/t17-/m1/s1. The zero-order valence-electron chi connectivity index (χ0n) is 12.4. The van der Waals surface area contributed by atoms with Crippen molar-refractivity contribution < 1.29 is 10.4 Å². The Morgan fingerprint density at radius 2 is 1.55 bits per heavy atom. The molecule has 0 saturated carbocycles. The van der Waals surface area contributed by atoms with Crippen LogP contribution in [-0.4, -0.2) is 23.0 Å². The minimum Gasteiger partial charge on any atom is -0.383 e. The summed E-state index contributed by atoms with van der Waals surface area (Å²) in [5, 5.41) is 14.0. The molecule has 0 aromatic heterocycles. The number of hydrogen-bond donors (Lipinski definition) is 2. The third-order valence-corrected chi connectivity index (χ3v) is 5.12. The van der Waals surface area contributed by atoms with Crippen LogP contribution in [0, 0.1) is 0 Å². The molecule has 0 aliphatic heterocycles. The largest absolute Gasteiger partial charge is 0.383 e. The van der Waals surface area contributed by atoms with Crippen LogP contribution in [-0.2, 0) is 6.54 Å². The van der Waals surface area contributed by atoms with Crippen molar-refractivity contribution in [2.24, 2.45) is 0 Å². The Kier molecular flexibility index (Phi) is 6.60. The van der Waals surface area contributed by atoms with Crippen LogP contribution in [0.2, 0.25) is 10.0 Å². The molecule has 118 valence electrons. The Hall–Kier alpha value is -0.710. The van der Waals surface area contributed by atoms with Crippen molar-refractivity contribution in [1.29, 1.82) is 0 Å². The summed E-state index contributed by atoms with van der Waals surface area (Å²) < 4.78 is 0. The van der Waals surface area contributed by atoms with Gasteiger partial charge in [0.15, 0.2) is 0 Å². The fraction of sp³-hybridized carbons (Fsp3) is 0.294. The maximum atomic E-state index is 10.5. The number of nitrogens with two attached hydrogens (primary N) is 1. The van der Waals surface area contributed by atoms with E-state index in [4.69, 9.17) is 23.2 Å². The second-order valence-electron chi connectivity index (χ2n) is 5.56. The van der Waals surface area contributed by atoms with Gasteiger partial charge < -0.3 is 10.4 Å². The Bertz CT molecular complexity index is 585. The molecule has 2 aromatic carbocycles. The fourth-order valence-electron chi connectivity index (χ4n) is 2.00. The Morgan fingerprint density at radius 1 is 1.00 bits per heavy atom. The molecule has 22 heavy (non-hydrogen) atoms. The van der Waals surface area contributed by atoms with Gasteiger partial charge in [0.2, 0.25) is 0 Å². The first-order valence-corrected chi connectivity index (χ1v) is 8.86.